The van der Waals surface area contributed by atoms with Crippen molar-refractivity contribution in [2.75, 3.05) is 12.8 Å². The minimum atomic E-state index is 0.170. The van der Waals surface area contributed by atoms with Crippen LogP contribution in [0, 0.1) is 13.8 Å². The van der Waals surface area contributed by atoms with Crippen LogP contribution in [-0.2, 0) is 17.8 Å². The van der Waals surface area contributed by atoms with Crippen molar-refractivity contribution in [3.05, 3.63) is 39.3 Å². The lowest BCUT2D eigenvalue weighted by Crippen LogP contribution is -2.30. The van der Waals surface area contributed by atoms with Crippen molar-refractivity contribution in [2.24, 2.45) is 0 Å². The van der Waals surface area contributed by atoms with Crippen LogP contribution in [0.2, 0.25) is 0 Å². The van der Waals surface area contributed by atoms with Gasteiger partial charge in [-0.25, -0.2) is 9.50 Å². The zero-order valence-corrected chi connectivity index (χ0v) is 17.2. The highest BCUT2D eigenvalue weighted by Gasteiger charge is 2.17. The lowest BCUT2D eigenvalue weighted by atomic mass is 10.1. The Morgan fingerprint density at radius 2 is 2.15 bits per heavy atom. The van der Waals surface area contributed by atoms with Crippen molar-refractivity contribution in [2.45, 2.75) is 45.3 Å². The Labute approximate surface area is 161 Å². The second-order valence-electron chi connectivity index (χ2n) is 6.06. The highest BCUT2D eigenvalue weighted by atomic mass is 32.2. The van der Waals surface area contributed by atoms with Crippen LogP contribution >= 0.6 is 23.1 Å². The predicted molar refractivity (Wildman–Crippen MR) is 106 cm³/mol. The lowest BCUT2D eigenvalue weighted by Gasteiger charge is -2.20. The van der Waals surface area contributed by atoms with E-state index >= 15 is 0 Å². The first kappa shape index (κ1) is 18.8. The fourth-order valence-electron chi connectivity index (χ4n) is 3.00. The molecular weight excluding hydrogens is 366 g/mol. The number of nitrogens with zero attached hydrogens (tertiary/aromatic N) is 5. The quantitative estimate of drug-likeness (QED) is 0.579. The molecule has 0 saturated heterocycles. The van der Waals surface area contributed by atoms with Gasteiger partial charge in [0.2, 0.25) is 11.1 Å². The number of thioether (sulfide) groups is 1. The van der Waals surface area contributed by atoms with Crippen LogP contribution in [0.1, 0.15) is 35.2 Å². The Morgan fingerprint density at radius 3 is 2.81 bits per heavy atom. The van der Waals surface area contributed by atoms with Crippen LogP contribution in [0.25, 0.3) is 5.78 Å². The fourth-order valence-corrected chi connectivity index (χ4v) is 4.05. The van der Waals surface area contributed by atoms with Gasteiger partial charge in [0.25, 0.3) is 5.78 Å². The minimum Gasteiger partial charge on any atom is -0.338 e. The van der Waals surface area contributed by atoms with Gasteiger partial charge in [0.15, 0.2) is 0 Å². The van der Waals surface area contributed by atoms with Gasteiger partial charge >= 0.3 is 0 Å². The van der Waals surface area contributed by atoms with E-state index in [0.29, 0.717) is 36.9 Å². The Bertz CT molecular complexity index is 904. The number of thiophene rings is 1. The number of amides is 1. The van der Waals surface area contributed by atoms with Gasteiger partial charge < -0.3 is 4.90 Å². The van der Waals surface area contributed by atoms with Gasteiger partial charge in [-0.1, -0.05) is 17.8 Å². The molecule has 0 aliphatic rings. The molecule has 3 aromatic rings. The van der Waals surface area contributed by atoms with E-state index in [1.165, 1.54) is 16.6 Å². The first-order valence-electron chi connectivity index (χ1n) is 8.60. The first-order valence-corrected chi connectivity index (χ1v) is 10.7. The van der Waals surface area contributed by atoms with Crippen molar-refractivity contribution >= 4 is 34.8 Å². The Kier molecular flexibility index (Phi) is 5.93. The molecule has 3 rings (SSSR count). The average Bonchev–Trinajstić information content (AvgIpc) is 3.28. The van der Waals surface area contributed by atoms with E-state index in [-0.39, 0.29) is 5.91 Å². The van der Waals surface area contributed by atoms with Crippen LogP contribution < -0.4 is 0 Å². The first-order chi connectivity index (χ1) is 12.5. The predicted octanol–water partition coefficient (Wildman–Crippen LogP) is 3.51. The van der Waals surface area contributed by atoms with Gasteiger partial charge in [0.05, 0.1) is 6.54 Å². The van der Waals surface area contributed by atoms with E-state index < -0.39 is 0 Å². The molecule has 0 aliphatic heterocycles. The molecule has 8 heteroatoms. The molecule has 3 heterocycles. The zero-order chi connectivity index (χ0) is 18.7. The van der Waals surface area contributed by atoms with Crippen molar-refractivity contribution in [1.82, 2.24) is 24.5 Å². The van der Waals surface area contributed by atoms with Crippen molar-refractivity contribution in [3.8, 4) is 0 Å². The number of fused-ring (bicyclic) bond motifs is 1. The number of rotatable bonds is 7. The summed E-state index contributed by atoms with van der Waals surface area (Å²) >= 11 is 3.18. The number of aryl methyl sites for hydroxylation is 2. The SMILES string of the molecule is CCN(Cc1cccs1)C(=O)CCc1c(C)nc2nc(SC)nn2c1C. The second kappa shape index (κ2) is 8.18. The third-order valence-electron chi connectivity index (χ3n) is 4.46. The number of carbonyl (C=O) groups is 1. The third kappa shape index (κ3) is 3.91. The molecule has 26 heavy (non-hydrogen) atoms. The maximum absolute atomic E-state index is 12.7. The molecule has 0 bridgehead atoms. The Morgan fingerprint density at radius 1 is 1.35 bits per heavy atom. The maximum atomic E-state index is 12.7. The summed E-state index contributed by atoms with van der Waals surface area (Å²) in [6.45, 7) is 7.41. The summed E-state index contributed by atoms with van der Waals surface area (Å²) in [6.07, 6.45) is 3.08. The van der Waals surface area contributed by atoms with Gasteiger partial charge in [-0.15, -0.1) is 16.4 Å². The standard InChI is InChI=1S/C18H23N5OS2/c1-5-22(11-14-7-6-10-26-14)16(24)9-8-15-12(2)19-17-20-18(25-4)21-23(17)13(15)3/h6-7,10H,5,8-9,11H2,1-4H3. The number of hydrogen-bond acceptors (Lipinski definition) is 6. The zero-order valence-electron chi connectivity index (χ0n) is 15.5. The molecule has 0 atom stereocenters. The van der Waals surface area contributed by atoms with Crippen molar-refractivity contribution < 1.29 is 4.79 Å². The second-order valence-corrected chi connectivity index (χ2v) is 7.86. The Hall–Kier alpha value is -1.93. The average molecular weight is 390 g/mol. The molecule has 0 saturated carbocycles. The van der Waals surface area contributed by atoms with Gasteiger partial charge in [0, 0.05) is 29.2 Å². The summed E-state index contributed by atoms with van der Waals surface area (Å²) in [6, 6.07) is 4.09. The molecule has 0 radical (unpaired) electrons. The highest BCUT2D eigenvalue weighted by molar-refractivity contribution is 7.98. The van der Waals surface area contributed by atoms with Crippen LogP contribution in [0.5, 0.6) is 0 Å². The highest BCUT2D eigenvalue weighted by Crippen LogP contribution is 2.19. The Balaban J connectivity index is 1.74. The molecule has 1 amide bonds. The topological polar surface area (TPSA) is 63.4 Å². The molecule has 0 aromatic carbocycles. The van der Waals surface area contributed by atoms with E-state index in [1.807, 2.05) is 43.4 Å². The van der Waals surface area contributed by atoms with E-state index in [1.54, 1.807) is 15.9 Å². The third-order valence-corrected chi connectivity index (χ3v) is 5.86. The lowest BCUT2D eigenvalue weighted by molar-refractivity contribution is -0.131. The van der Waals surface area contributed by atoms with Gasteiger partial charge in [0.1, 0.15) is 0 Å². The summed E-state index contributed by atoms with van der Waals surface area (Å²) in [5, 5.41) is 7.23. The van der Waals surface area contributed by atoms with E-state index in [0.717, 1.165) is 17.0 Å². The molecule has 0 aliphatic carbocycles. The van der Waals surface area contributed by atoms with Gasteiger partial charge in [-0.2, -0.15) is 4.98 Å². The summed E-state index contributed by atoms with van der Waals surface area (Å²) in [4.78, 5) is 24.8. The summed E-state index contributed by atoms with van der Waals surface area (Å²) in [5.74, 6) is 0.787. The molecular formula is C18H23N5OS2. The smallest absolute Gasteiger partial charge is 0.253 e. The van der Waals surface area contributed by atoms with Crippen LogP contribution in [0.4, 0.5) is 0 Å². The van der Waals surface area contributed by atoms with E-state index in [4.69, 9.17) is 0 Å². The van der Waals surface area contributed by atoms with Gasteiger partial charge in [-0.3, -0.25) is 4.79 Å². The van der Waals surface area contributed by atoms with Crippen molar-refractivity contribution in [3.63, 3.8) is 0 Å². The summed E-state index contributed by atoms with van der Waals surface area (Å²) in [5.41, 5.74) is 3.01. The summed E-state index contributed by atoms with van der Waals surface area (Å²) in [7, 11) is 0. The molecule has 3 aromatic heterocycles. The largest absolute Gasteiger partial charge is 0.338 e. The monoisotopic (exact) mass is 389 g/mol. The van der Waals surface area contributed by atoms with Crippen LogP contribution in [0.3, 0.4) is 0 Å². The molecule has 6 nitrogen and oxygen atoms in total. The summed E-state index contributed by atoms with van der Waals surface area (Å²) < 4.78 is 1.78. The molecule has 138 valence electrons. The van der Waals surface area contributed by atoms with E-state index in [9.17, 15) is 4.79 Å². The maximum Gasteiger partial charge on any atom is 0.253 e. The fraction of sp³-hybridized carbons (Fsp3) is 0.444. The molecule has 0 unspecified atom stereocenters. The number of carbonyl (C=O) groups excluding carboxylic acids is 1. The van der Waals surface area contributed by atoms with E-state index in [2.05, 4.69) is 21.1 Å². The molecule has 0 N–H and O–H groups in total. The molecule has 0 spiro atoms. The normalized spacial score (nSPS) is 11.2. The number of aromatic nitrogens is 4. The molecule has 0 fully saturated rings. The minimum absolute atomic E-state index is 0.170. The van der Waals surface area contributed by atoms with Crippen molar-refractivity contribution in [1.29, 1.82) is 0 Å². The van der Waals surface area contributed by atoms with Gasteiger partial charge in [-0.05, 0) is 50.5 Å². The van der Waals surface area contributed by atoms with Crippen LogP contribution in [-0.4, -0.2) is 43.2 Å². The van der Waals surface area contributed by atoms with Crippen LogP contribution in [0.15, 0.2) is 22.7 Å². The number of hydrogen-bond donors (Lipinski definition) is 0.